The van der Waals surface area contributed by atoms with Crippen LogP contribution in [0.15, 0.2) is 6.07 Å². The Bertz CT molecular complexity index is 854. The maximum atomic E-state index is 12.3. The molecule has 2 atom stereocenters. The molecule has 8 heteroatoms. The lowest BCUT2D eigenvalue weighted by molar-refractivity contribution is 0.0815. The zero-order valence-electron chi connectivity index (χ0n) is 17.9. The van der Waals surface area contributed by atoms with E-state index < -0.39 is 0 Å². The number of anilines is 1. The van der Waals surface area contributed by atoms with Gasteiger partial charge in [-0.3, -0.25) is 9.48 Å². The summed E-state index contributed by atoms with van der Waals surface area (Å²) in [6.45, 7) is 9.92. The van der Waals surface area contributed by atoms with Gasteiger partial charge in [0.2, 0.25) is 5.82 Å². The molecule has 1 unspecified atom stereocenters. The van der Waals surface area contributed by atoms with Crippen LogP contribution in [0.3, 0.4) is 0 Å². The fraction of sp³-hybridized carbons (Fsp3) is 0.600. The molecule has 28 heavy (non-hydrogen) atoms. The Morgan fingerprint density at radius 1 is 1.29 bits per heavy atom. The van der Waals surface area contributed by atoms with Crippen LogP contribution in [0, 0.1) is 20.8 Å². The van der Waals surface area contributed by atoms with Gasteiger partial charge in [0, 0.05) is 63.3 Å². The highest BCUT2D eigenvalue weighted by Gasteiger charge is 2.28. The second-order valence-corrected chi connectivity index (χ2v) is 7.93. The number of nitrogens with one attached hydrogen (secondary N) is 1. The van der Waals surface area contributed by atoms with Crippen LogP contribution in [0.4, 0.5) is 5.82 Å². The summed E-state index contributed by atoms with van der Waals surface area (Å²) in [5.74, 6) is 0.956. The average molecular weight is 386 g/mol. The van der Waals surface area contributed by atoms with Crippen molar-refractivity contribution in [2.75, 3.05) is 32.1 Å². The van der Waals surface area contributed by atoms with Crippen molar-refractivity contribution in [3.05, 3.63) is 34.5 Å². The first-order valence-corrected chi connectivity index (χ1v) is 9.75. The zero-order valence-corrected chi connectivity index (χ0v) is 17.9. The number of aryl methyl sites for hydroxylation is 3. The van der Waals surface area contributed by atoms with Crippen LogP contribution in [0.2, 0.25) is 0 Å². The predicted molar refractivity (Wildman–Crippen MR) is 110 cm³/mol. The maximum Gasteiger partial charge on any atom is 0.291 e. The number of aromatic nitrogens is 4. The standard InChI is InChI=1S/C20H31N7O/c1-12-10-17(24-26(12)7)15(4)21-16-8-9-27(11-16)19-13(2)14(3)22-18(23-19)20(28)25(5)6/h10,15-16,21H,8-9,11H2,1-7H3/t15?,16-/m1/s1. The summed E-state index contributed by atoms with van der Waals surface area (Å²) in [7, 11) is 5.41. The van der Waals surface area contributed by atoms with E-state index in [2.05, 4.69) is 45.2 Å². The highest BCUT2D eigenvalue weighted by molar-refractivity contribution is 5.90. The molecule has 0 aliphatic carbocycles. The predicted octanol–water partition coefficient (Wildman–Crippen LogP) is 1.77. The number of hydrogen-bond donors (Lipinski definition) is 1. The minimum Gasteiger partial charge on any atom is -0.355 e. The van der Waals surface area contributed by atoms with Crippen molar-refractivity contribution in [3.63, 3.8) is 0 Å². The molecule has 0 bridgehead atoms. The van der Waals surface area contributed by atoms with Crippen LogP contribution >= 0.6 is 0 Å². The van der Waals surface area contributed by atoms with Gasteiger partial charge >= 0.3 is 0 Å². The molecule has 1 aliphatic rings. The Morgan fingerprint density at radius 3 is 2.61 bits per heavy atom. The van der Waals surface area contributed by atoms with E-state index in [1.54, 1.807) is 14.1 Å². The van der Waals surface area contributed by atoms with Gasteiger partial charge in [-0.25, -0.2) is 9.97 Å². The number of nitrogens with zero attached hydrogens (tertiary/aromatic N) is 6. The molecule has 1 amide bonds. The van der Waals surface area contributed by atoms with Crippen LogP contribution in [-0.2, 0) is 7.05 Å². The third-order valence-corrected chi connectivity index (χ3v) is 5.51. The molecule has 8 nitrogen and oxygen atoms in total. The van der Waals surface area contributed by atoms with E-state index in [0.717, 1.165) is 48.0 Å². The summed E-state index contributed by atoms with van der Waals surface area (Å²) >= 11 is 0. The van der Waals surface area contributed by atoms with Gasteiger partial charge in [-0.15, -0.1) is 0 Å². The molecule has 1 fully saturated rings. The molecule has 3 rings (SSSR count). The Kier molecular flexibility index (Phi) is 5.69. The van der Waals surface area contributed by atoms with Gasteiger partial charge < -0.3 is 15.1 Å². The van der Waals surface area contributed by atoms with Crippen molar-refractivity contribution in [2.24, 2.45) is 7.05 Å². The fourth-order valence-corrected chi connectivity index (χ4v) is 3.54. The van der Waals surface area contributed by atoms with Crippen molar-refractivity contribution in [1.29, 1.82) is 0 Å². The SMILES string of the molecule is Cc1nc(C(=O)N(C)C)nc(N2CC[C@@H](NC(C)c3cc(C)n(C)n3)C2)c1C. The van der Waals surface area contributed by atoms with E-state index in [4.69, 9.17) is 0 Å². The lowest BCUT2D eigenvalue weighted by Crippen LogP contribution is -2.35. The zero-order chi connectivity index (χ0) is 20.6. The van der Waals surface area contributed by atoms with E-state index in [9.17, 15) is 4.79 Å². The number of amides is 1. The van der Waals surface area contributed by atoms with Gasteiger partial charge in [0.25, 0.3) is 5.91 Å². The van der Waals surface area contributed by atoms with Gasteiger partial charge in [0.1, 0.15) is 5.82 Å². The number of carbonyl (C=O) groups excluding carboxylic acids is 1. The van der Waals surface area contributed by atoms with Crippen molar-refractivity contribution in [3.8, 4) is 0 Å². The minimum absolute atomic E-state index is 0.169. The first-order chi connectivity index (χ1) is 13.2. The number of hydrogen-bond acceptors (Lipinski definition) is 6. The largest absolute Gasteiger partial charge is 0.355 e. The van der Waals surface area contributed by atoms with E-state index in [0.29, 0.717) is 6.04 Å². The minimum atomic E-state index is -0.169. The summed E-state index contributed by atoms with van der Waals surface area (Å²) in [4.78, 5) is 25.1. The molecule has 1 saturated heterocycles. The van der Waals surface area contributed by atoms with Gasteiger partial charge in [-0.2, -0.15) is 5.10 Å². The van der Waals surface area contributed by atoms with Crippen LogP contribution < -0.4 is 10.2 Å². The third-order valence-electron chi connectivity index (χ3n) is 5.51. The van der Waals surface area contributed by atoms with E-state index in [1.165, 1.54) is 4.90 Å². The average Bonchev–Trinajstić information content (AvgIpc) is 3.23. The monoisotopic (exact) mass is 385 g/mol. The third kappa shape index (κ3) is 4.01. The molecule has 3 heterocycles. The second-order valence-electron chi connectivity index (χ2n) is 7.93. The Labute approximate surface area is 167 Å². The molecule has 1 aliphatic heterocycles. The van der Waals surface area contributed by atoms with Crippen molar-refractivity contribution < 1.29 is 4.79 Å². The molecule has 1 N–H and O–H groups in total. The molecule has 0 aromatic carbocycles. The molecule has 0 saturated carbocycles. The first kappa shape index (κ1) is 20.3. The normalized spacial score (nSPS) is 17.8. The summed E-state index contributed by atoms with van der Waals surface area (Å²) in [6.07, 6.45) is 1.02. The van der Waals surface area contributed by atoms with Crippen molar-refractivity contribution in [2.45, 2.75) is 46.2 Å². The molecule has 152 valence electrons. The highest BCUT2D eigenvalue weighted by Crippen LogP contribution is 2.25. The van der Waals surface area contributed by atoms with Gasteiger partial charge in [-0.05, 0) is 40.2 Å². The summed E-state index contributed by atoms with van der Waals surface area (Å²) in [5.41, 5.74) is 4.10. The quantitative estimate of drug-likeness (QED) is 0.845. The second kappa shape index (κ2) is 7.87. The number of carbonyl (C=O) groups is 1. The lowest BCUT2D eigenvalue weighted by atomic mass is 10.1. The van der Waals surface area contributed by atoms with Crippen LogP contribution in [0.5, 0.6) is 0 Å². The van der Waals surface area contributed by atoms with E-state index in [1.807, 2.05) is 25.6 Å². The highest BCUT2D eigenvalue weighted by atomic mass is 16.2. The first-order valence-electron chi connectivity index (χ1n) is 9.75. The van der Waals surface area contributed by atoms with Gasteiger partial charge in [0.15, 0.2) is 0 Å². The smallest absolute Gasteiger partial charge is 0.291 e. The topological polar surface area (TPSA) is 79.2 Å². The van der Waals surface area contributed by atoms with Crippen LogP contribution in [0.1, 0.15) is 52.7 Å². The number of rotatable bonds is 5. The van der Waals surface area contributed by atoms with Crippen molar-refractivity contribution in [1.82, 2.24) is 30.0 Å². The van der Waals surface area contributed by atoms with Crippen LogP contribution in [-0.4, -0.2) is 63.8 Å². The Hall–Kier alpha value is -2.48. The van der Waals surface area contributed by atoms with Gasteiger partial charge in [-0.1, -0.05) is 0 Å². The van der Waals surface area contributed by atoms with E-state index in [-0.39, 0.29) is 17.8 Å². The molecular weight excluding hydrogens is 354 g/mol. The van der Waals surface area contributed by atoms with E-state index >= 15 is 0 Å². The summed E-state index contributed by atoms with van der Waals surface area (Å²) < 4.78 is 1.91. The fourth-order valence-electron chi connectivity index (χ4n) is 3.54. The molecular formula is C20H31N7O. The maximum absolute atomic E-state index is 12.3. The molecule has 0 spiro atoms. The Morgan fingerprint density at radius 2 is 2.00 bits per heavy atom. The van der Waals surface area contributed by atoms with Crippen molar-refractivity contribution >= 4 is 11.7 Å². The van der Waals surface area contributed by atoms with Crippen LogP contribution in [0.25, 0.3) is 0 Å². The summed E-state index contributed by atoms with van der Waals surface area (Å²) in [6, 6.07) is 2.66. The summed E-state index contributed by atoms with van der Waals surface area (Å²) in [5, 5.41) is 8.27. The molecule has 0 radical (unpaired) electrons. The lowest BCUT2D eigenvalue weighted by Gasteiger charge is -2.23. The molecule has 2 aromatic heterocycles. The Balaban J connectivity index is 1.73. The molecule has 2 aromatic rings. The van der Waals surface area contributed by atoms with Gasteiger partial charge in [0.05, 0.1) is 5.69 Å².